The quantitative estimate of drug-likeness (QED) is 0.772. The van der Waals surface area contributed by atoms with Crippen molar-refractivity contribution in [3.8, 4) is 0 Å². The molecule has 2 rings (SSSR count). The van der Waals surface area contributed by atoms with Crippen molar-refractivity contribution in [1.82, 2.24) is 10.2 Å². The molecular weight excluding hydrogens is 196 g/mol. The zero-order chi connectivity index (χ0) is 11.4. The van der Waals surface area contributed by atoms with Gasteiger partial charge in [0.1, 0.15) is 0 Å². The average Bonchev–Trinajstić information content (AvgIpc) is 3.04. The summed E-state index contributed by atoms with van der Waals surface area (Å²) < 4.78 is 0. The fourth-order valence-electron chi connectivity index (χ4n) is 3.08. The Morgan fingerprint density at radius 1 is 1.19 bits per heavy atom. The first kappa shape index (κ1) is 12.4. The minimum absolute atomic E-state index is 0.809. The molecule has 0 aromatic rings. The molecule has 16 heavy (non-hydrogen) atoms. The number of hydrogen-bond donors (Lipinski definition) is 1. The van der Waals surface area contributed by atoms with E-state index in [-0.39, 0.29) is 0 Å². The first-order valence-corrected chi connectivity index (χ1v) is 7.31. The Bertz CT molecular complexity index is 205. The standard InChI is InChI=1S/C14H28N2/c1-3-6-12-11-14(12)15-13-7-5-9-16(4-2)10-8-13/h12-15H,3-11H2,1-2H3. The molecule has 1 saturated carbocycles. The molecule has 2 fully saturated rings. The van der Waals surface area contributed by atoms with Crippen molar-refractivity contribution in [2.24, 2.45) is 5.92 Å². The molecule has 0 radical (unpaired) electrons. The molecule has 2 heteroatoms. The molecule has 0 amide bonds. The Balaban J connectivity index is 1.67. The second kappa shape index (κ2) is 6.02. The van der Waals surface area contributed by atoms with Gasteiger partial charge in [0.25, 0.3) is 0 Å². The van der Waals surface area contributed by atoms with Crippen LogP contribution in [0, 0.1) is 5.92 Å². The second-order valence-electron chi connectivity index (χ2n) is 5.62. The molecule has 1 aliphatic heterocycles. The van der Waals surface area contributed by atoms with E-state index in [1.807, 2.05) is 0 Å². The minimum Gasteiger partial charge on any atom is -0.311 e. The number of nitrogens with zero attached hydrogens (tertiary/aromatic N) is 1. The highest BCUT2D eigenvalue weighted by Crippen LogP contribution is 2.35. The van der Waals surface area contributed by atoms with Gasteiger partial charge in [0.2, 0.25) is 0 Å². The van der Waals surface area contributed by atoms with Gasteiger partial charge in [0.05, 0.1) is 0 Å². The predicted molar refractivity (Wildman–Crippen MR) is 69.7 cm³/mol. The largest absolute Gasteiger partial charge is 0.311 e. The van der Waals surface area contributed by atoms with E-state index in [9.17, 15) is 0 Å². The zero-order valence-corrected chi connectivity index (χ0v) is 11.0. The molecule has 94 valence electrons. The van der Waals surface area contributed by atoms with Crippen LogP contribution in [0.1, 0.15) is 52.4 Å². The molecule has 1 aliphatic carbocycles. The molecule has 0 bridgehead atoms. The lowest BCUT2D eigenvalue weighted by Crippen LogP contribution is -2.33. The average molecular weight is 224 g/mol. The van der Waals surface area contributed by atoms with Crippen molar-refractivity contribution in [2.45, 2.75) is 64.5 Å². The van der Waals surface area contributed by atoms with Gasteiger partial charge >= 0.3 is 0 Å². The van der Waals surface area contributed by atoms with Crippen LogP contribution in [-0.2, 0) is 0 Å². The van der Waals surface area contributed by atoms with Crippen molar-refractivity contribution in [1.29, 1.82) is 0 Å². The van der Waals surface area contributed by atoms with Gasteiger partial charge in [-0.1, -0.05) is 20.3 Å². The van der Waals surface area contributed by atoms with E-state index >= 15 is 0 Å². The van der Waals surface area contributed by atoms with Crippen LogP contribution in [0.5, 0.6) is 0 Å². The number of hydrogen-bond acceptors (Lipinski definition) is 2. The van der Waals surface area contributed by atoms with Gasteiger partial charge in [-0.3, -0.25) is 0 Å². The van der Waals surface area contributed by atoms with Gasteiger partial charge < -0.3 is 10.2 Å². The van der Waals surface area contributed by atoms with Gasteiger partial charge in [-0.05, 0) is 57.7 Å². The number of likely N-dealkylation sites (tertiary alicyclic amines) is 1. The van der Waals surface area contributed by atoms with Crippen LogP contribution < -0.4 is 5.32 Å². The van der Waals surface area contributed by atoms with Crippen LogP contribution in [0.4, 0.5) is 0 Å². The highest BCUT2D eigenvalue weighted by Gasteiger charge is 2.37. The SMILES string of the molecule is CCCC1CC1NC1CCCN(CC)CC1. The first-order valence-electron chi connectivity index (χ1n) is 7.31. The Labute approximate surface area is 101 Å². The lowest BCUT2D eigenvalue weighted by atomic mass is 10.1. The molecule has 1 saturated heterocycles. The summed E-state index contributed by atoms with van der Waals surface area (Å²) in [6.45, 7) is 8.44. The molecule has 0 aromatic carbocycles. The van der Waals surface area contributed by atoms with E-state index < -0.39 is 0 Å². The van der Waals surface area contributed by atoms with Gasteiger partial charge in [-0.15, -0.1) is 0 Å². The Morgan fingerprint density at radius 3 is 2.81 bits per heavy atom. The van der Waals surface area contributed by atoms with E-state index in [1.165, 1.54) is 58.2 Å². The normalized spacial score (nSPS) is 36.0. The minimum atomic E-state index is 0.809. The Hall–Kier alpha value is -0.0800. The predicted octanol–water partition coefficient (Wildman–Crippen LogP) is 2.64. The Kier molecular flexibility index (Phi) is 4.66. The smallest absolute Gasteiger partial charge is 0.0102 e. The summed E-state index contributed by atoms with van der Waals surface area (Å²) in [4.78, 5) is 2.60. The monoisotopic (exact) mass is 224 g/mol. The van der Waals surface area contributed by atoms with Crippen molar-refractivity contribution in [3.63, 3.8) is 0 Å². The van der Waals surface area contributed by atoms with E-state index in [2.05, 4.69) is 24.1 Å². The summed E-state index contributed by atoms with van der Waals surface area (Å²) >= 11 is 0. The van der Waals surface area contributed by atoms with Crippen LogP contribution in [0.25, 0.3) is 0 Å². The summed E-state index contributed by atoms with van der Waals surface area (Å²) in [5, 5.41) is 3.89. The van der Waals surface area contributed by atoms with E-state index in [1.54, 1.807) is 0 Å². The highest BCUT2D eigenvalue weighted by atomic mass is 15.1. The third-order valence-electron chi connectivity index (χ3n) is 4.30. The number of rotatable bonds is 5. The summed E-state index contributed by atoms with van der Waals surface area (Å²) in [7, 11) is 0. The van der Waals surface area contributed by atoms with Gasteiger partial charge in [0, 0.05) is 12.1 Å². The zero-order valence-electron chi connectivity index (χ0n) is 11.0. The second-order valence-corrected chi connectivity index (χ2v) is 5.62. The fraction of sp³-hybridized carbons (Fsp3) is 1.00. The topological polar surface area (TPSA) is 15.3 Å². The molecule has 2 nitrogen and oxygen atoms in total. The van der Waals surface area contributed by atoms with Crippen molar-refractivity contribution >= 4 is 0 Å². The van der Waals surface area contributed by atoms with E-state index in [0.717, 1.165) is 18.0 Å². The van der Waals surface area contributed by atoms with E-state index in [0.29, 0.717) is 0 Å². The summed E-state index contributed by atoms with van der Waals surface area (Å²) in [5.41, 5.74) is 0. The lowest BCUT2D eigenvalue weighted by molar-refractivity contribution is 0.297. The highest BCUT2D eigenvalue weighted by molar-refractivity contribution is 4.95. The molecule has 1 heterocycles. The Morgan fingerprint density at radius 2 is 2.06 bits per heavy atom. The fourth-order valence-corrected chi connectivity index (χ4v) is 3.08. The number of nitrogens with one attached hydrogen (secondary N) is 1. The van der Waals surface area contributed by atoms with Crippen LogP contribution in [0.2, 0.25) is 0 Å². The molecule has 3 unspecified atom stereocenters. The molecule has 0 aromatic heterocycles. The maximum absolute atomic E-state index is 3.89. The summed E-state index contributed by atoms with van der Waals surface area (Å²) in [5.74, 6) is 1.01. The third kappa shape index (κ3) is 3.46. The van der Waals surface area contributed by atoms with Crippen LogP contribution in [0.15, 0.2) is 0 Å². The van der Waals surface area contributed by atoms with Gasteiger partial charge in [0.15, 0.2) is 0 Å². The lowest BCUT2D eigenvalue weighted by Gasteiger charge is -2.18. The maximum atomic E-state index is 3.89. The van der Waals surface area contributed by atoms with E-state index in [4.69, 9.17) is 0 Å². The van der Waals surface area contributed by atoms with Crippen molar-refractivity contribution in [2.75, 3.05) is 19.6 Å². The molecule has 3 atom stereocenters. The molecule has 0 spiro atoms. The van der Waals surface area contributed by atoms with Gasteiger partial charge in [-0.25, -0.2) is 0 Å². The van der Waals surface area contributed by atoms with Gasteiger partial charge in [-0.2, -0.15) is 0 Å². The van der Waals surface area contributed by atoms with Crippen molar-refractivity contribution in [3.05, 3.63) is 0 Å². The van der Waals surface area contributed by atoms with Crippen LogP contribution >= 0.6 is 0 Å². The molecular formula is C14H28N2. The van der Waals surface area contributed by atoms with Crippen molar-refractivity contribution < 1.29 is 0 Å². The first-order chi connectivity index (χ1) is 7.83. The summed E-state index contributed by atoms with van der Waals surface area (Å²) in [6.07, 6.45) is 8.39. The molecule has 1 N–H and O–H groups in total. The third-order valence-corrected chi connectivity index (χ3v) is 4.30. The molecule has 2 aliphatic rings. The maximum Gasteiger partial charge on any atom is 0.0102 e. The van der Waals surface area contributed by atoms with Crippen LogP contribution in [0.3, 0.4) is 0 Å². The van der Waals surface area contributed by atoms with Crippen LogP contribution in [-0.4, -0.2) is 36.6 Å². The summed E-state index contributed by atoms with van der Waals surface area (Å²) in [6, 6.07) is 1.68.